The van der Waals surface area contributed by atoms with Crippen molar-refractivity contribution in [1.29, 1.82) is 0 Å². The van der Waals surface area contributed by atoms with Gasteiger partial charge in [0, 0.05) is 5.02 Å². The van der Waals surface area contributed by atoms with Crippen molar-refractivity contribution in [2.45, 2.75) is 25.5 Å². The molecule has 0 bridgehead atoms. The number of nitrogens with zero attached hydrogens (tertiary/aromatic N) is 3. The van der Waals surface area contributed by atoms with Crippen LogP contribution in [0, 0.1) is 0 Å². The molecule has 3 N–H and O–H groups in total. The summed E-state index contributed by atoms with van der Waals surface area (Å²) in [5, 5.41) is 12.0. The topological polar surface area (TPSA) is 122 Å². The van der Waals surface area contributed by atoms with Gasteiger partial charge in [-0.2, -0.15) is 9.90 Å². The number of phosphoric ester groups is 1. The molecular weight excluding hydrogens is 417 g/mol. The van der Waals surface area contributed by atoms with E-state index < -0.39 is 26.4 Å². The zero-order chi connectivity index (χ0) is 18.4. The fourth-order valence-electron chi connectivity index (χ4n) is 2.08. The molecule has 1 aliphatic heterocycles. The van der Waals surface area contributed by atoms with Gasteiger partial charge in [0.2, 0.25) is 0 Å². The van der Waals surface area contributed by atoms with E-state index in [0.29, 0.717) is 21.4 Å². The lowest BCUT2D eigenvalue weighted by atomic mass is 10.3. The van der Waals surface area contributed by atoms with Crippen LogP contribution in [0.15, 0.2) is 18.2 Å². The van der Waals surface area contributed by atoms with Crippen molar-refractivity contribution in [1.82, 2.24) is 15.0 Å². The molecule has 0 saturated carbocycles. The molecule has 1 aliphatic rings. The van der Waals surface area contributed by atoms with E-state index in [9.17, 15) is 4.57 Å². The number of epoxide rings is 1. The number of benzene rings is 1. The lowest BCUT2D eigenvalue weighted by Gasteiger charge is -2.11. The summed E-state index contributed by atoms with van der Waals surface area (Å²) in [5.41, 5.74) is 0.936. The van der Waals surface area contributed by atoms with Crippen LogP contribution in [0.4, 0.5) is 5.69 Å². The average Bonchev–Trinajstić information content (AvgIpc) is 3.12. The van der Waals surface area contributed by atoms with Crippen molar-refractivity contribution < 1.29 is 23.6 Å². The molecular formula is C12H12Cl3N4O5P. The highest BCUT2D eigenvalue weighted by atomic mass is 35.5. The fourth-order valence-corrected chi connectivity index (χ4v) is 3.25. The van der Waals surface area contributed by atoms with E-state index in [1.807, 2.05) is 0 Å². The predicted octanol–water partition coefficient (Wildman–Crippen LogP) is 3.38. The Morgan fingerprint density at radius 1 is 1.36 bits per heavy atom. The molecule has 25 heavy (non-hydrogen) atoms. The molecule has 1 fully saturated rings. The van der Waals surface area contributed by atoms with E-state index in [4.69, 9.17) is 49.3 Å². The first-order valence-corrected chi connectivity index (χ1v) is 9.53. The summed E-state index contributed by atoms with van der Waals surface area (Å²) in [5.74, 6) is 0. The maximum Gasteiger partial charge on any atom is 0.471 e. The zero-order valence-electron chi connectivity index (χ0n) is 12.5. The van der Waals surface area contributed by atoms with Gasteiger partial charge in [-0.3, -0.25) is 4.52 Å². The number of anilines is 1. The predicted molar refractivity (Wildman–Crippen MR) is 90.6 cm³/mol. The normalized spacial score (nSPS) is 21.2. The molecule has 1 saturated heterocycles. The van der Waals surface area contributed by atoms with Crippen molar-refractivity contribution in [3.05, 3.63) is 39.1 Å². The number of nitrogens with one attached hydrogen (secondary N) is 1. The molecule has 9 nitrogen and oxygen atoms in total. The highest BCUT2D eigenvalue weighted by Crippen LogP contribution is 2.43. The highest BCUT2D eigenvalue weighted by molar-refractivity contribution is 7.46. The Balaban J connectivity index is 1.69. The van der Waals surface area contributed by atoms with E-state index in [1.54, 1.807) is 18.2 Å². The van der Waals surface area contributed by atoms with Crippen LogP contribution in [-0.4, -0.2) is 31.0 Å². The molecule has 2 heterocycles. The Bertz CT molecular complexity index is 844. The van der Waals surface area contributed by atoms with Gasteiger partial charge in [-0.25, -0.2) is 4.57 Å². The van der Waals surface area contributed by atoms with Crippen LogP contribution in [0.3, 0.4) is 0 Å². The standard InChI is InChI=1S/C12H12Cl3N4O5P/c1-5(24-25(20,21)22)19-17-9(11(15)18-19)10-12(23-10)16-8-3-2-6(13)4-7(8)14/h2-5,10,12,16H,1H3,(H2,20,21,22). The number of phosphoric acid groups is 1. The molecule has 0 radical (unpaired) electrons. The third-order valence-corrected chi connectivity index (χ3v) is 4.61. The zero-order valence-corrected chi connectivity index (χ0v) is 15.7. The van der Waals surface area contributed by atoms with Crippen molar-refractivity contribution in [3.8, 4) is 0 Å². The third kappa shape index (κ3) is 4.64. The summed E-state index contributed by atoms with van der Waals surface area (Å²) in [6.07, 6.45) is -2.03. The van der Waals surface area contributed by atoms with Gasteiger partial charge in [-0.1, -0.05) is 34.8 Å². The molecule has 0 aliphatic carbocycles. The molecule has 1 aromatic heterocycles. The second-order valence-electron chi connectivity index (χ2n) is 5.14. The van der Waals surface area contributed by atoms with Crippen molar-refractivity contribution in [2.24, 2.45) is 0 Å². The maximum atomic E-state index is 10.9. The van der Waals surface area contributed by atoms with Gasteiger partial charge in [0.05, 0.1) is 10.7 Å². The van der Waals surface area contributed by atoms with Gasteiger partial charge in [0.1, 0.15) is 5.69 Å². The fraction of sp³-hybridized carbons (Fsp3) is 0.333. The lowest BCUT2D eigenvalue weighted by molar-refractivity contribution is 0.0764. The van der Waals surface area contributed by atoms with Gasteiger partial charge in [0.25, 0.3) is 0 Å². The molecule has 0 amide bonds. The second-order valence-corrected chi connectivity index (χ2v) is 7.53. The molecule has 0 spiro atoms. The number of halogens is 3. The lowest BCUT2D eigenvalue weighted by Crippen LogP contribution is -2.12. The molecule has 3 rings (SSSR count). The van der Waals surface area contributed by atoms with Crippen LogP contribution in [0.2, 0.25) is 15.2 Å². The number of ether oxygens (including phenoxy) is 1. The summed E-state index contributed by atoms with van der Waals surface area (Å²) in [4.78, 5) is 18.6. The number of hydrogen-bond acceptors (Lipinski definition) is 6. The van der Waals surface area contributed by atoms with Gasteiger partial charge in [-0.15, -0.1) is 5.10 Å². The summed E-state index contributed by atoms with van der Waals surface area (Å²) in [7, 11) is -4.68. The van der Waals surface area contributed by atoms with E-state index in [1.165, 1.54) is 6.92 Å². The van der Waals surface area contributed by atoms with Gasteiger partial charge < -0.3 is 19.8 Å². The Kier molecular flexibility index (Phi) is 5.30. The average molecular weight is 430 g/mol. The summed E-state index contributed by atoms with van der Waals surface area (Å²) < 4.78 is 20.8. The monoisotopic (exact) mass is 428 g/mol. The molecule has 13 heteroatoms. The Morgan fingerprint density at radius 3 is 2.72 bits per heavy atom. The minimum absolute atomic E-state index is 0.0395. The Hall–Kier alpha value is -0.900. The molecule has 2 aromatic rings. The minimum atomic E-state index is -4.68. The number of aromatic nitrogens is 3. The molecule has 1 aromatic carbocycles. The number of rotatable bonds is 6. The summed E-state index contributed by atoms with van der Waals surface area (Å²) in [6.45, 7) is 1.37. The maximum absolute atomic E-state index is 10.9. The van der Waals surface area contributed by atoms with Crippen LogP contribution in [0.1, 0.15) is 24.9 Å². The minimum Gasteiger partial charge on any atom is -0.356 e. The van der Waals surface area contributed by atoms with Crippen LogP contribution in [-0.2, 0) is 13.8 Å². The third-order valence-electron chi connectivity index (χ3n) is 3.22. The van der Waals surface area contributed by atoms with Crippen molar-refractivity contribution >= 4 is 48.3 Å². The van der Waals surface area contributed by atoms with E-state index in [-0.39, 0.29) is 5.15 Å². The van der Waals surface area contributed by atoms with Gasteiger partial charge in [-0.05, 0) is 25.1 Å². The first-order chi connectivity index (χ1) is 11.6. The van der Waals surface area contributed by atoms with Crippen LogP contribution < -0.4 is 5.32 Å². The summed E-state index contributed by atoms with van der Waals surface area (Å²) >= 11 is 17.9. The van der Waals surface area contributed by atoms with Crippen LogP contribution >= 0.6 is 42.6 Å². The smallest absolute Gasteiger partial charge is 0.356 e. The SMILES string of the molecule is CC(OP(=O)(O)O)n1nc(Cl)c(C2OC2Nc2ccc(Cl)cc2Cl)n1. The highest BCUT2D eigenvalue weighted by Gasteiger charge is 2.45. The van der Waals surface area contributed by atoms with E-state index >= 15 is 0 Å². The van der Waals surface area contributed by atoms with Crippen molar-refractivity contribution in [3.63, 3.8) is 0 Å². The van der Waals surface area contributed by atoms with Crippen molar-refractivity contribution in [2.75, 3.05) is 5.32 Å². The van der Waals surface area contributed by atoms with E-state index in [2.05, 4.69) is 20.0 Å². The Morgan fingerprint density at radius 2 is 2.08 bits per heavy atom. The second kappa shape index (κ2) is 7.02. The molecule has 3 atom stereocenters. The first-order valence-electron chi connectivity index (χ1n) is 6.87. The quantitative estimate of drug-likeness (QED) is 0.472. The van der Waals surface area contributed by atoms with Gasteiger partial charge >= 0.3 is 7.82 Å². The largest absolute Gasteiger partial charge is 0.471 e. The molecule has 3 unspecified atom stereocenters. The van der Waals surface area contributed by atoms with Crippen LogP contribution in [0.25, 0.3) is 0 Å². The molecule has 136 valence electrons. The van der Waals surface area contributed by atoms with Gasteiger partial charge in [0.15, 0.2) is 23.7 Å². The number of hydrogen-bond donors (Lipinski definition) is 3. The summed E-state index contributed by atoms with van der Waals surface area (Å²) in [6, 6.07) is 4.97. The van der Waals surface area contributed by atoms with E-state index in [0.717, 1.165) is 4.80 Å². The first kappa shape index (κ1) is 18.9. The Labute approximate surface area is 157 Å². The van der Waals surface area contributed by atoms with Crippen LogP contribution in [0.5, 0.6) is 0 Å².